The molecule has 0 saturated carbocycles. The average molecular weight is 390 g/mol. The minimum absolute atomic E-state index is 0.0493. The second kappa shape index (κ2) is 10.7. The fourth-order valence-corrected chi connectivity index (χ4v) is 2.83. The van der Waals surface area contributed by atoms with Gasteiger partial charge in [0, 0.05) is 36.2 Å². The van der Waals surface area contributed by atoms with Crippen LogP contribution in [-0.2, 0) is 16.0 Å². The van der Waals surface area contributed by atoms with Crippen molar-refractivity contribution in [2.75, 3.05) is 19.0 Å². The van der Waals surface area contributed by atoms with E-state index >= 15 is 0 Å². The lowest BCUT2D eigenvalue weighted by Crippen LogP contribution is -2.27. The van der Waals surface area contributed by atoms with Crippen LogP contribution in [0.3, 0.4) is 0 Å². The Bertz CT molecular complexity index is 785. The van der Waals surface area contributed by atoms with Gasteiger partial charge >= 0.3 is 0 Å². The fourth-order valence-electron chi connectivity index (χ4n) is 2.83. The Morgan fingerprint density at radius 3 is 2.79 bits per heavy atom. The second-order valence-electron chi connectivity index (χ2n) is 6.58. The molecule has 1 aliphatic heterocycles. The van der Waals surface area contributed by atoms with Crippen LogP contribution in [0.1, 0.15) is 31.0 Å². The average Bonchev–Trinajstić information content (AvgIpc) is 3.12. The lowest BCUT2D eigenvalue weighted by Gasteiger charge is -2.12. The zero-order valence-corrected chi connectivity index (χ0v) is 16.4. The molecule has 6 nitrogen and oxygen atoms in total. The smallest absolute Gasteiger partial charge is 0.253 e. The largest absolute Gasteiger partial charge is 0.496 e. The summed E-state index contributed by atoms with van der Waals surface area (Å²) in [4.78, 5) is 16.0. The van der Waals surface area contributed by atoms with Crippen molar-refractivity contribution in [3.63, 3.8) is 0 Å². The summed E-state index contributed by atoms with van der Waals surface area (Å²) < 4.78 is 23.1. The first-order valence-corrected chi connectivity index (χ1v) is 9.25. The molecule has 0 bridgehead atoms. The molecule has 0 aliphatic carbocycles. The van der Waals surface area contributed by atoms with E-state index in [1.807, 2.05) is 6.92 Å². The number of ether oxygens (including phenoxy) is 2. The van der Waals surface area contributed by atoms with E-state index in [2.05, 4.69) is 10.3 Å². The third-order valence-corrected chi connectivity index (χ3v) is 4.41. The summed E-state index contributed by atoms with van der Waals surface area (Å²) in [6, 6.07) is 8.28. The number of nitrogens with zero attached hydrogens (tertiary/aromatic N) is 1. The number of halogens is 1. The van der Waals surface area contributed by atoms with Crippen LogP contribution >= 0.6 is 0 Å². The number of carbonyl (C=O) groups is 1. The molecule has 28 heavy (non-hydrogen) atoms. The molecule has 2 atom stereocenters. The van der Waals surface area contributed by atoms with Crippen LogP contribution < -0.4 is 10.1 Å². The first kappa shape index (κ1) is 21.8. The fraction of sp³-hybridized carbons (Fsp3) is 0.429. The molecule has 2 unspecified atom stereocenters. The lowest BCUT2D eigenvalue weighted by molar-refractivity contribution is -0.126. The SMILES string of the molecule is CC1CCC(C(=O)Nc2ccnc(CCO)c2)O1.COc1cccc(F)c1C. The van der Waals surface area contributed by atoms with Gasteiger partial charge in [0.05, 0.1) is 13.2 Å². The van der Waals surface area contributed by atoms with Gasteiger partial charge in [-0.05, 0) is 51.0 Å². The summed E-state index contributed by atoms with van der Waals surface area (Å²) in [7, 11) is 1.53. The molecule has 152 valence electrons. The van der Waals surface area contributed by atoms with Gasteiger partial charge in [-0.2, -0.15) is 0 Å². The van der Waals surface area contributed by atoms with Crippen molar-refractivity contribution in [3.05, 3.63) is 53.6 Å². The van der Waals surface area contributed by atoms with Crippen molar-refractivity contribution in [1.82, 2.24) is 4.98 Å². The summed E-state index contributed by atoms with van der Waals surface area (Å²) in [5.41, 5.74) is 2.02. The predicted molar refractivity (Wildman–Crippen MR) is 105 cm³/mol. The Balaban J connectivity index is 0.000000237. The maximum atomic E-state index is 12.7. The molecular weight excluding hydrogens is 363 g/mol. The number of carbonyl (C=O) groups excluding carboxylic acids is 1. The van der Waals surface area contributed by atoms with Gasteiger partial charge in [0.15, 0.2) is 0 Å². The van der Waals surface area contributed by atoms with Crippen molar-refractivity contribution in [3.8, 4) is 5.75 Å². The van der Waals surface area contributed by atoms with Gasteiger partial charge in [-0.1, -0.05) is 6.07 Å². The van der Waals surface area contributed by atoms with Gasteiger partial charge in [0.2, 0.25) is 0 Å². The number of aliphatic hydroxyl groups is 1. The molecule has 1 aliphatic rings. The molecule has 1 aromatic heterocycles. The van der Waals surface area contributed by atoms with Gasteiger partial charge in [-0.25, -0.2) is 4.39 Å². The molecule has 1 amide bonds. The highest BCUT2D eigenvalue weighted by molar-refractivity contribution is 5.94. The maximum absolute atomic E-state index is 12.7. The van der Waals surface area contributed by atoms with Crippen LogP contribution in [0.4, 0.5) is 10.1 Å². The van der Waals surface area contributed by atoms with E-state index in [9.17, 15) is 9.18 Å². The van der Waals surface area contributed by atoms with Crippen molar-refractivity contribution >= 4 is 11.6 Å². The topological polar surface area (TPSA) is 80.7 Å². The highest BCUT2D eigenvalue weighted by Gasteiger charge is 2.28. The summed E-state index contributed by atoms with van der Waals surface area (Å²) in [6.45, 7) is 3.71. The van der Waals surface area contributed by atoms with E-state index in [-0.39, 0.29) is 30.5 Å². The number of amides is 1. The Kier molecular flexibility index (Phi) is 8.35. The molecule has 1 aromatic carbocycles. The quantitative estimate of drug-likeness (QED) is 0.819. The molecule has 2 N–H and O–H groups in total. The predicted octanol–water partition coefficient (Wildman–Crippen LogP) is 3.27. The number of aliphatic hydroxyl groups excluding tert-OH is 1. The minimum atomic E-state index is -0.352. The number of rotatable bonds is 5. The standard InChI is InChI=1S/C13H18N2O3.C8H9FO/c1-9-2-3-12(18-9)13(17)15-11-4-6-14-10(8-11)5-7-16;1-6-7(9)4-3-5-8(6)10-2/h4,6,8-9,12,16H,2-3,5,7H2,1H3,(H,14,15,17);3-5H,1-2H3. The van der Waals surface area contributed by atoms with Crippen LogP contribution in [0.15, 0.2) is 36.5 Å². The van der Waals surface area contributed by atoms with Crippen molar-refractivity contribution in [1.29, 1.82) is 0 Å². The molecular formula is C21H27FN2O4. The monoisotopic (exact) mass is 390 g/mol. The van der Waals surface area contributed by atoms with Gasteiger partial charge in [-0.15, -0.1) is 0 Å². The number of nitrogens with one attached hydrogen (secondary N) is 1. The van der Waals surface area contributed by atoms with E-state index in [0.717, 1.165) is 18.5 Å². The molecule has 1 saturated heterocycles. The first-order valence-electron chi connectivity index (χ1n) is 9.25. The number of hydrogen-bond acceptors (Lipinski definition) is 5. The Morgan fingerprint density at radius 1 is 1.39 bits per heavy atom. The van der Waals surface area contributed by atoms with Crippen LogP contribution in [-0.4, -0.2) is 41.9 Å². The normalized spacial score (nSPS) is 18.2. The Labute approximate surface area is 164 Å². The molecule has 3 rings (SSSR count). The molecule has 0 radical (unpaired) electrons. The van der Waals surface area contributed by atoms with Gasteiger partial charge in [0.1, 0.15) is 17.7 Å². The van der Waals surface area contributed by atoms with Crippen LogP contribution in [0, 0.1) is 12.7 Å². The number of aromatic nitrogens is 1. The van der Waals surface area contributed by atoms with Crippen LogP contribution in [0.5, 0.6) is 5.75 Å². The van der Waals surface area contributed by atoms with E-state index in [0.29, 0.717) is 23.4 Å². The van der Waals surface area contributed by atoms with Crippen LogP contribution in [0.25, 0.3) is 0 Å². The zero-order chi connectivity index (χ0) is 20.5. The van der Waals surface area contributed by atoms with E-state index < -0.39 is 0 Å². The van der Waals surface area contributed by atoms with Crippen molar-refractivity contribution in [2.24, 2.45) is 0 Å². The number of pyridine rings is 1. The number of anilines is 1. The third kappa shape index (κ3) is 6.28. The molecule has 0 spiro atoms. The first-order chi connectivity index (χ1) is 13.4. The molecule has 2 heterocycles. The number of methoxy groups -OCH3 is 1. The summed E-state index contributed by atoms with van der Waals surface area (Å²) in [5, 5.41) is 11.7. The van der Waals surface area contributed by atoms with Gasteiger partial charge < -0.3 is 19.9 Å². The van der Waals surface area contributed by atoms with E-state index in [4.69, 9.17) is 14.6 Å². The number of benzene rings is 1. The van der Waals surface area contributed by atoms with E-state index in [1.165, 1.54) is 13.2 Å². The summed E-state index contributed by atoms with van der Waals surface area (Å²) in [6.07, 6.45) is 3.60. The van der Waals surface area contributed by atoms with Crippen LogP contribution in [0.2, 0.25) is 0 Å². The Morgan fingerprint density at radius 2 is 2.18 bits per heavy atom. The van der Waals surface area contributed by atoms with Gasteiger partial charge in [0.25, 0.3) is 5.91 Å². The highest BCUT2D eigenvalue weighted by Crippen LogP contribution is 2.21. The third-order valence-electron chi connectivity index (χ3n) is 4.41. The van der Waals surface area contributed by atoms with Gasteiger partial charge in [-0.3, -0.25) is 9.78 Å². The Hall–Kier alpha value is -2.51. The zero-order valence-electron chi connectivity index (χ0n) is 16.4. The minimum Gasteiger partial charge on any atom is -0.496 e. The van der Waals surface area contributed by atoms with Crippen molar-refractivity contribution in [2.45, 2.75) is 45.3 Å². The summed E-state index contributed by atoms with van der Waals surface area (Å²) >= 11 is 0. The summed E-state index contributed by atoms with van der Waals surface area (Å²) in [5.74, 6) is 0.264. The molecule has 2 aromatic rings. The highest BCUT2D eigenvalue weighted by atomic mass is 19.1. The number of hydrogen-bond donors (Lipinski definition) is 2. The van der Waals surface area contributed by atoms with E-state index in [1.54, 1.807) is 37.4 Å². The van der Waals surface area contributed by atoms with Crippen molar-refractivity contribution < 1.29 is 23.8 Å². The maximum Gasteiger partial charge on any atom is 0.253 e. The molecule has 1 fully saturated rings. The lowest BCUT2D eigenvalue weighted by atomic mass is 10.2. The molecule has 7 heteroatoms. The second-order valence-corrected chi connectivity index (χ2v) is 6.58.